The summed E-state index contributed by atoms with van der Waals surface area (Å²) in [6.07, 6.45) is 0.115. The fraction of sp³-hybridized carbons (Fsp3) is 0.778. The van der Waals surface area contributed by atoms with Gasteiger partial charge >= 0.3 is 5.97 Å². The van der Waals surface area contributed by atoms with E-state index in [0.29, 0.717) is 12.8 Å². The van der Waals surface area contributed by atoms with E-state index in [-0.39, 0.29) is 11.9 Å². The normalized spacial score (nSPS) is 31.2. The lowest BCUT2D eigenvalue weighted by atomic mass is 10.2. The number of esters is 1. The number of amides is 1. The van der Waals surface area contributed by atoms with Gasteiger partial charge in [-0.1, -0.05) is 0 Å². The SMILES string of the molecule is CC(=O)N[C@H]1[C@H](O)CC[C@@H]1OC(C)=O. The second-order valence-electron chi connectivity index (χ2n) is 3.52. The Bertz CT molecular complexity index is 241. The summed E-state index contributed by atoms with van der Waals surface area (Å²) in [6.45, 7) is 2.69. The maximum absolute atomic E-state index is 10.8. The zero-order valence-electron chi connectivity index (χ0n) is 8.32. The number of hydrogen-bond donors (Lipinski definition) is 2. The molecule has 14 heavy (non-hydrogen) atoms. The number of carbonyl (C=O) groups is 2. The van der Waals surface area contributed by atoms with Gasteiger partial charge < -0.3 is 15.2 Å². The number of rotatable bonds is 2. The summed E-state index contributed by atoms with van der Waals surface area (Å²) in [7, 11) is 0. The molecule has 1 amide bonds. The summed E-state index contributed by atoms with van der Waals surface area (Å²) < 4.78 is 4.98. The summed E-state index contributed by atoms with van der Waals surface area (Å²) in [6, 6.07) is -0.462. The summed E-state index contributed by atoms with van der Waals surface area (Å²) in [4.78, 5) is 21.5. The molecule has 3 atom stereocenters. The molecular formula is C9H15NO4. The molecule has 80 valence electrons. The molecule has 0 aliphatic heterocycles. The third-order valence-corrected chi connectivity index (χ3v) is 2.25. The Labute approximate surface area is 82.4 Å². The standard InChI is InChI=1S/C9H15NO4/c1-5(11)10-9-7(13)3-4-8(9)14-6(2)12/h7-9,13H,3-4H2,1-2H3,(H,10,11)/t7-,8+,9+/m1/s1. The highest BCUT2D eigenvalue weighted by molar-refractivity contribution is 5.73. The van der Waals surface area contributed by atoms with Gasteiger partial charge in [0.05, 0.1) is 12.1 Å². The van der Waals surface area contributed by atoms with E-state index in [9.17, 15) is 14.7 Å². The smallest absolute Gasteiger partial charge is 0.302 e. The highest BCUT2D eigenvalue weighted by atomic mass is 16.5. The molecule has 1 rings (SSSR count). The minimum Gasteiger partial charge on any atom is -0.460 e. The number of nitrogens with one attached hydrogen (secondary N) is 1. The van der Waals surface area contributed by atoms with Crippen molar-refractivity contribution in [3.05, 3.63) is 0 Å². The van der Waals surface area contributed by atoms with Crippen LogP contribution in [0.3, 0.4) is 0 Å². The fourth-order valence-electron chi connectivity index (χ4n) is 1.71. The fourth-order valence-corrected chi connectivity index (χ4v) is 1.71. The first-order valence-corrected chi connectivity index (χ1v) is 4.63. The van der Waals surface area contributed by atoms with Crippen LogP contribution in [0, 0.1) is 0 Å². The monoisotopic (exact) mass is 201 g/mol. The van der Waals surface area contributed by atoms with E-state index in [2.05, 4.69) is 5.32 Å². The van der Waals surface area contributed by atoms with E-state index < -0.39 is 18.2 Å². The molecule has 0 aromatic carbocycles. The Kier molecular flexibility index (Phi) is 3.46. The van der Waals surface area contributed by atoms with Crippen molar-refractivity contribution in [3.63, 3.8) is 0 Å². The summed E-state index contributed by atoms with van der Waals surface area (Å²) in [5.74, 6) is -0.618. The van der Waals surface area contributed by atoms with Crippen LogP contribution >= 0.6 is 0 Å². The Balaban J connectivity index is 2.56. The van der Waals surface area contributed by atoms with Gasteiger partial charge in [0.2, 0.25) is 5.91 Å². The summed E-state index contributed by atoms with van der Waals surface area (Å²) in [5, 5.41) is 12.1. The number of carbonyl (C=O) groups excluding carboxylic acids is 2. The largest absolute Gasteiger partial charge is 0.460 e. The highest BCUT2D eigenvalue weighted by Crippen LogP contribution is 2.22. The number of aliphatic hydroxyl groups is 1. The van der Waals surface area contributed by atoms with Gasteiger partial charge in [0.25, 0.3) is 0 Å². The molecule has 0 saturated heterocycles. The van der Waals surface area contributed by atoms with Gasteiger partial charge in [-0.15, -0.1) is 0 Å². The zero-order valence-corrected chi connectivity index (χ0v) is 8.32. The first-order valence-electron chi connectivity index (χ1n) is 4.63. The van der Waals surface area contributed by atoms with Crippen LogP contribution in [0.25, 0.3) is 0 Å². The molecule has 1 aliphatic carbocycles. The Morgan fingerprint density at radius 1 is 1.36 bits per heavy atom. The summed E-state index contributed by atoms with van der Waals surface area (Å²) >= 11 is 0. The van der Waals surface area contributed by atoms with E-state index in [1.165, 1.54) is 13.8 Å². The molecule has 0 aromatic heterocycles. The van der Waals surface area contributed by atoms with Gasteiger partial charge in [0.15, 0.2) is 0 Å². The van der Waals surface area contributed by atoms with E-state index in [4.69, 9.17) is 4.74 Å². The van der Waals surface area contributed by atoms with Crippen LogP contribution in [0.1, 0.15) is 26.7 Å². The second kappa shape index (κ2) is 4.41. The van der Waals surface area contributed by atoms with Crippen molar-refractivity contribution in [2.45, 2.75) is 44.9 Å². The molecule has 0 bridgehead atoms. The van der Waals surface area contributed by atoms with Crippen molar-refractivity contribution in [2.24, 2.45) is 0 Å². The van der Waals surface area contributed by atoms with Gasteiger partial charge in [0, 0.05) is 13.8 Å². The van der Waals surface area contributed by atoms with Gasteiger partial charge in [0.1, 0.15) is 6.10 Å². The van der Waals surface area contributed by atoms with Crippen molar-refractivity contribution < 1.29 is 19.4 Å². The number of ether oxygens (including phenoxy) is 1. The zero-order chi connectivity index (χ0) is 10.7. The van der Waals surface area contributed by atoms with Crippen LogP contribution in [0.5, 0.6) is 0 Å². The third kappa shape index (κ3) is 2.70. The van der Waals surface area contributed by atoms with Gasteiger partial charge in [-0.05, 0) is 12.8 Å². The average molecular weight is 201 g/mol. The van der Waals surface area contributed by atoms with Crippen LogP contribution in [0.4, 0.5) is 0 Å². The molecule has 2 N–H and O–H groups in total. The van der Waals surface area contributed by atoms with E-state index in [1.54, 1.807) is 0 Å². The lowest BCUT2D eigenvalue weighted by molar-refractivity contribution is -0.148. The van der Waals surface area contributed by atoms with Crippen LogP contribution in [-0.2, 0) is 14.3 Å². The topological polar surface area (TPSA) is 75.6 Å². The molecule has 5 heteroatoms. The van der Waals surface area contributed by atoms with Crippen LogP contribution in [-0.4, -0.2) is 35.2 Å². The van der Waals surface area contributed by atoms with Crippen molar-refractivity contribution >= 4 is 11.9 Å². The molecule has 0 heterocycles. The lowest BCUT2D eigenvalue weighted by Crippen LogP contribution is -2.46. The third-order valence-electron chi connectivity index (χ3n) is 2.25. The predicted molar refractivity (Wildman–Crippen MR) is 48.4 cm³/mol. The first kappa shape index (κ1) is 11.0. The molecular weight excluding hydrogens is 186 g/mol. The lowest BCUT2D eigenvalue weighted by Gasteiger charge is -2.22. The maximum Gasteiger partial charge on any atom is 0.302 e. The molecule has 0 unspecified atom stereocenters. The quantitative estimate of drug-likeness (QED) is 0.595. The van der Waals surface area contributed by atoms with E-state index in [0.717, 1.165) is 0 Å². The minimum atomic E-state index is -0.622. The molecule has 1 aliphatic rings. The van der Waals surface area contributed by atoms with Gasteiger partial charge in [-0.3, -0.25) is 9.59 Å². The first-order chi connectivity index (χ1) is 6.50. The highest BCUT2D eigenvalue weighted by Gasteiger charge is 2.37. The molecule has 0 aromatic rings. The van der Waals surface area contributed by atoms with Crippen LogP contribution in [0.2, 0.25) is 0 Å². The van der Waals surface area contributed by atoms with E-state index in [1.807, 2.05) is 0 Å². The predicted octanol–water partition coefficient (Wildman–Crippen LogP) is -0.423. The molecule has 0 spiro atoms. The van der Waals surface area contributed by atoms with Crippen molar-refractivity contribution in [2.75, 3.05) is 0 Å². The molecule has 0 radical (unpaired) electrons. The molecule has 5 nitrogen and oxygen atoms in total. The Hall–Kier alpha value is -1.10. The van der Waals surface area contributed by atoms with Crippen molar-refractivity contribution in [1.29, 1.82) is 0 Å². The Morgan fingerprint density at radius 2 is 2.00 bits per heavy atom. The molecule has 1 fully saturated rings. The van der Waals surface area contributed by atoms with Gasteiger partial charge in [-0.25, -0.2) is 0 Å². The summed E-state index contributed by atoms with van der Waals surface area (Å²) in [5.41, 5.74) is 0. The van der Waals surface area contributed by atoms with E-state index >= 15 is 0 Å². The average Bonchev–Trinajstić information content (AvgIpc) is 2.34. The molecule has 1 saturated carbocycles. The number of aliphatic hydroxyl groups excluding tert-OH is 1. The van der Waals surface area contributed by atoms with Gasteiger partial charge in [-0.2, -0.15) is 0 Å². The number of hydrogen-bond acceptors (Lipinski definition) is 4. The van der Waals surface area contributed by atoms with Crippen molar-refractivity contribution in [1.82, 2.24) is 5.32 Å². The van der Waals surface area contributed by atoms with Crippen LogP contribution < -0.4 is 5.32 Å². The van der Waals surface area contributed by atoms with Crippen molar-refractivity contribution in [3.8, 4) is 0 Å². The minimum absolute atomic E-state index is 0.229. The maximum atomic E-state index is 10.8. The Morgan fingerprint density at radius 3 is 2.50 bits per heavy atom. The van der Waals surface area contributed by atoms with Crippen LogP contribution in [0.15, 0.2) is 0 Å². The second-order valence-corrected chi connectivity index (χ2v) is 3.52.